The summed E-state index contributed by atoms with van der Waals surface area (Å²) in [5, 5.41) is 12.8. The van der Waals surface area contributed by atoms with Crippen LogP contribution in [0.4, 0.5) is 4.39 Å². The maximum absolute atomic E-state index is 14.6. The van der Waals surface area contributed by atoms with Crippen LogP contribution in [0.2, 0.25) is 0 Å². The number of hydrogen-bond donors (Lipinski definition) is 2. The minimum absolute atomic E-state index is 0.132. The van der Waals surface area contributed by atoms with Gasteiger partial charge in [0.25, 0.3) is 5.91 Å². The molecule has 4 fully saturated rings. The molecule has 3 atom stereocenters. The van der Waals surface area contributed by atoms with Gasteiger partial charge < -0.3 is 14.9 Å². The van der Waals surface area contributed by atoms with Crippen molar-refractivity contribution in [3.05, 3.63) is 0 Å². The predicted octanol–water partition coefficient (Wildman–Crippen LogP) is 1.61. The zero-order valence-corrected chi connectivity index (χ0v) is 17.3. The Balaban J connectivity index is 1.52. The second-order valence-electron chi connectivity index (χ2n) is 8.85. The SMILES string of the molecule is O=C1CN(C2NCC(Cl)CC2F)C(=O)C2(CC(O)C2)N1CC1CCC(Cl)CC1. The number of carbonyl (C=O) groups excluding carboxylic acids is 2. The van der Waals surface area contributed by atoms with Crippen LogP contribution in [-0.4, -0.2) is 81.1 Å². The fourth-order valence-electron chi connectivity index (χ4n) is 5.24. The van der Waals surface area contributed by atoms with Crippen LogP contribution in [0.15, 0.2) is 0 Å². The van der Waals surface area contributed by atoms with Gasteiger partial charge >= 0.3 is 0 Å². The summed E-state index contributed by atoms with van der Waals surface area (Å²) in [4.78, 5) is 29.5. The third-order valence-corrected chi connectivity index (χ3v) is 7.62. The molecular formula is C19H28Cl2FN3O3. The molecule has 28 heavy (non-hydrogen) atoms. The van der Waals surface area contributed by atoms with Crippen molar-refractivity contribution in [2.24, 2.45) is 5.92 Å². The van der Waals surface area contributed by atoms with Crippen molar-refractivity contribution in [2.75, 3.05) is 19.6 Å². The summed E-state index contributed by atoms with van der Waals surface area (Å²) in [7, 11) is 0. The minimum Gasteiger partial charge on any atom is -0.393 e. The minimum atomic E-state index is -1.32. The lowest BCUT2D eigenvalue weighted by molar-refractivity contribution is -0.187. The molecule has 4 aliphatic rings. The van der Waals surface area contributed by atoms with Crippen molar-refractivity contribution < 1.29 is 19.1 Å². The maximum atomic E-state index is 14.6. The second-order valence-corrected chi connectivity index (χ2v) is 10.1. The van der Waals surface area contributed by atoms with Crippen LogP contribution in [-0.2, 0) is 9.59 Å². The van der Waals surface area contributed by atoms with Crippen LogP contribution in [0.5, 0.6) is 0 Å². The molecule has 2 aliphatic heterocycles. The number of nitrogens with zero attached hydrogens (tertiary/aromatic N) is 2. The van der Waals surface area contributed by atoms with E-state index >= 15 is 0 Å². The first-order valence-corrected chi connectivity index (χ1v) is 11.1. The molecule has 0 radical (unpaired) electrons. The predicted molar refractivity (Wildman–Crippen MR) is 104 cm³/mol. The lowest BCUT2D eigenvalue weighted by atomic mass is 9.69. The summed E-state index contributed by atoms with van der Waals surface area (Å²) in [5.74, 6) is -0.107. The van der Waals surface area contributed by atoms with Crippen LogP contribution in [0.1, 0.15) is 44.9 Å². The van der Waals surface area contributed by atoms with Gasteiger partial charge in [-0.3, -0.25) is 14.9 Å². The van der Waals surface area contributed by atoms with E-state index in [1.54, 1.807) is 4.90 Å². The smallest absolute Gasteiger partial charge is 0.250 e. The van der Waals surface area contributed by atoms with E-state index in [2.05, 4.69) is 5.32 Å². The summed E-state index contributed by atoms with van der Waals surface area (Å²) in [6.45, 7) is 0.772. The monoisotopic (exact) mass is 435 g/mol. The fourth-order valence-corrected chi connectivity index (χ4v) is 5.75. The lowest BCUT2D eigenvalue weighted by Gasteiger charge is -2.58. The summed E-state index contributed by atoms with van der Waals surface area (Å²) in [5.41, 5.74) is -1.04. The molecule has 1 spiro atoms. The molecule has 4 rings (SSSR count). The summed E-state index contributed by atoms with van der Waals surface area (Å²) >= 11 is 12.2. The second kappa shape index (κ2) is 7.89. The van der Waals surface area contributed by atoms with Crippen LogP contribution in [0.25, 0.3) is 0 Å². The van der Waals surface area contributed by atoms with Gasteiger partial charge in [0, 0.05) is 36.7 Å². The highest BCUT2D eigenvalue weighted by atomic mass is 35.5. The number of aliphatic hydroxyl groups is 1. The van der Waals surface area contributed by atoms with Gasteiger partial charge in [-0.15, -0.1) is 23.2 Å². The first kappa shape index (κ1) is 20.6. The highest BCUT2D eigenvalue weighted by molar-refractivity contribution is 6.21. The highest BCUT2D eigenvalue weighted by Crippen LogP contribution is 2.44. The Labute approximate surface area is 174 Å². The Morgan fingerprint density at radius 2 is 1.82 bits per heavy atom. The van der Waals surface area contributed by atoms with Gasteiger partial charge in [0.15, 0.2) is 0 Å². The molecule has 0 aromatic heterocycles. The number of hydrogen-bond acceptors (Lipinski definition) is 4. The first-order valence-electron chi connectivity index (χ1n) is 10.3. The third-order valence-electron chi connectivity index (χ3n) is 6.85. The topological polar surface area (TPSA) is 72.9 Å². The zero-order valence-electron chi connectivity index (χ0n) is 15.8. The van der Waals surface area contributed by atoms with Crippen LogP contribution in [0.3, 0.4) is 0 Å². The normalized spacial score (nSPS) is 44.7. The maximum Gasteiger partial charge on any atom is 0.250 e. The van der Waals surface area contributed by atoms with Crippen molar-refractivity contribution >= 4 is 35.0 Å². The van der Waals surface area contributed by atoms with Gasteiger partial charge in [0.05, 0.1) is 6.10 Å². The summed E-state index contributed by atoms with van der Waals surface area (Å²) in [6.07, 6.45) is 1.53. The quantitative estimate of drug-likeness (QED) is 0.660. The number of halogens is 3. The van der Waals surface area contributed by atoms with Gasteiger partial charge in [0.2, 0.25) is 5.91 Å². The van der Waals surface area contributed by atoms with Crippen LogP contribution in [0, 0.1) is 5.92 Å². The Morgan fingerprint density at radius 1 is 1.14 bits per heavy atom. The van der Waals surface area contributed by atoms with Gasteiger partial charge in [-0.25, -0.2) is 4.39 Å². The van der Waals surface area contributed by atoms with E-state index in [0.717, 1.165) is 25.7 Å². The molecule has 0 aromatic rings. The molecule has 2 saturated carbocycles. The summed E-state index contributed by atoms with van der Waals surface area (Å²) in [6, 6.07) is 0. The number of amides is 2. The number of piperazine rings is 1. The number of piperidine rings is 1. The number of aliphatic hydroxyl groups excluding tert-OH is 1. The molecule has 2 N–H and O–H groups in total. The molecule has 6 nitrogen and oxygen atoms in total. The van der Waals surface area contributed by atoms with E-state index in [-0.39, 0.29) is 48.4 Å². The average Bonchev–Trinajstić information content (AvgIpc) is 2.62. The van der Waals surface area contributed by atoms with Gasteiger partial charge in [-0.2, -0.15) is 0 Å². The van der Waals surface area contributed by atoms with Crippen molar-refractivity contribution in [2.45, 2.75) is 79.7 Å². The molecule has 3 unspecified atom stereocenters. The molecule has 0 bridgehead atoms. The zero-order chi connectivity index (χ0) is 20.1. The first-order chi connectivity index (χ1) is 13.3. The molecule has 2 aliphatic carbocycles. The van der Waals surface area contributed by atoms with Crippen molar-refractivity contribution in [1.82, 2.24) is 15.1 Å². The Hall–Kier alpha value is -0.630. The molecule has 158 valence electrons. The van der Waals surface area contributed by atoms with Gasteiger partial charge in [-0.05, 0) is 38.0 Å². The van der Waals surface area contributed by atoms with E-state index in [9.17, 15) is 19.1 Å². The Kier molecular flexibility index (Phi) is 5.82. The number of alkyl halides is 3. The highest BCUT2D eigenvalue weighted by Gasteiger charge is 2.61. The molecule has 2 saturated heterocycles. The molecule has 2 amide bonds. The van der Waals surface area contributed by atoms with E-state index in [1.165, 1.54) is 4.90 Å². The lowest BCUT2D eigenvalue weighted by Crippen LogP contribution is -2.77. The summed E-state index contributed by atoms with van der Waals surface area (Å²) < 4.78 is 14.6. The Bertz CT molecular complexity index is 626. The van der Waals surface area contributed by atoms with Crippen molar-refractivity contribution in [1.29, 1.82) is 0 Å². The Morgan fingerprint density at radius 3 is 2.43 bits per heavy atom. The van der Waals surface area contributed by atoms with Crippen molar-refractivity contribution in [3.63, 3.8) is 0 Å². The molecule has 9 heteroatoms. The van der Waals surface area contributed by atoms with E-state index in [0.29, 0.717) is 19.0 Å². The largest absolute Gasteiger partial charge is 0.393 e. The van der Waals surface area contributed by atoms with E-state index < -0.39 is 24.0 Å². The van der Waals surface area contributed by atoms with Crippen LogP contribution >= 0.6 is 23.2 Å². The van der Waals surface area contributed by atoms with E-state index in [4.69, 9.17) is 23.2 Å². The van der Waals surface area contributed by atoms with Crippen molar-refractivity contribution in [3.8, 4) is 0 Å². The van der Waals surface area contributed by atoms with Gasteiger partial charge in [0.1, 0.15) is 24.4 Å². The molecule has 2 heterocycles. The molecular weight excluding hydrogens is 408 g/mol. The van der Waals surface area contributed by atoms with Gasteiger partial charge in [-0.1, -0.05) is 0 Å². The van der Waals surface area contributed by atoms with Crippen LogP contribution < -0.4 is 5.32 Å². The average molecular weight is 436 g/mol. The fraction of sp³-hybridized carbons (Fsp3) is 0.895. The number of carbonyl (C=O) groups is 2. The molecule has 0 aromatic carbocycles. The van der Waals surface area contributed by atoms with E-state index in [1.807, 2.05) is 0 Å². The number of rotatable bonds is 3. The third kappa shape index (κ3) is 3.64. The standard InChI is InChI=1S/C19H28Cl2FN3O3/c20-12-3-1-11(2-4-12)9-25-16(27)10-24(17-15(22)5-13(21)8-23-17)18(28)19(25)6-14(26)7-19/h11-15,17,23,26H,1-10H2. The number of nitrogens with one attached hydrogen (secondary N) is 1.